The van der Waals surface area contributed by atoms with Crippen molar-refractivity contribution in [3.8, 4) is 5.75 Å². The van der Waals surface area contributed by atoms with Crippen LogP contribution < -0.4 is 4.74 Å². The van der Waals surface area contributed by atoms with E-state index in [9.17, 15) is 9.90 Å². The third-order valence-electron chi connectivity index (χ3n) is 4.35. The molecule has 0 bridgehead atoms. The van der Waals surface area contributed by atoms with Crippen LogP contribution in [0.3, 0.4) is 0 Å². The first-order valence-electron chi connectivity index (χ1n) is 9.27. The number of nitrogens with zero attached hydrogens (tertiary/aromatic N) is 1. The van der Waals surface area contributed by atoms with Crippen LogP contribution in [-0.2, 0) is 4.79 Å². The second-order valence-electron chi connectivity index (χ2n) is 6.84. The van der Waals surface area contributed by atoms with Crippen molar-refractivity contribution in [2.24, 2.45) is 0 Å². The highest BCUT2D eigenvalue weighted by molar-refractivity contribution is 8.04. The number of nitrogens with one attached hydrogen (secondary N) is 1. The van der Waals surface area contributed by atoms with Gasteiger partial charge in [-0.05, 0) is 60.8 Å². The summed E-state index contributed by atoms with van der Waals surface area (Å²) in [5.74, 6) is -0.211. The Kier molecular flexibility index (Phi) is 5.27. The molecule has 2 N–H and O–H groups in total. The first kappa shape index (κ1) is 19.1. The first-order chi connectivity index (χ1) is 14.0. The highest BCUT2D eigenvalue weighted by Gasteiger charge is 2.15. The van der Waals surface area contributed by atoms with E-state index < -0.39 is 5.97 Å². The van der Waals surface area contributed by atoms with E-state index in [1.165, 1.54) is 0 Å². The maximum absolute atomic E-state index is 11.9. The van der Waals surface area contributed by atoms with Crippen LogP contribution in [0.2, 0.25) is 0 Å². The van der Waals surface area contributed by atoms with Gasteiger partial charge in [0.15, 0.2) is 5.16 Å². The van der Waals surface area contributed by atoms with Gasteiger partial charge >= 0.3 is 5.97 Å². The van der Waals surface area contributed by atoms with E-state index in [4.69, 9.17) is 4.74 Å². The second-order valence-corrected chi connectivity index (χ2v) is 7.87. The van der Waals surface area contributed by atoms with Crippen molar-refractivity contribution < 1.29 is 14.6 Å². The molecular formula is C23H20N2O3S. The topological polar surface area (TPSA) is 75.2 Å². The molecule has 0 aliphatic rings. The number of hydrogen-bond donors (Lipinski definition) is 2. The van der Waals surface area contributed by atoms with Gasteiger partial charge in [-0.15, -0.1) is 0 Å². The number of carbonyl (C=O) groups is 1. The van der Waals surface area contributed by atoms with Gasteiger partial charge in [-0.3, -0.25) is 0 Å². The number of imidazole rings is 1. The Morgan fingerprint density at radius 3 is 2.52 bits per heavy atom. The van der Waals surface area contributed by atoms with Gasteiger partial charge in [-0.25, -0.2) is 9.78 Å². The number of para-hydroxylation sites is 2. The van der Waals surface area contributed by atoms with Crippen molar-refractivity contribution in [3.05, 3.63) is 71.1 Å². The molecule has 4 aromatic rings. The van der Waals surface area contributed by atoms with E-state index in [0.29, 0.717) is 5.16 Å². The molecule has 0 spiro atoms. The van der Waals surface area contributed by atoms with Crippen molar-refractivity contribution >= 4 is 45.6 Å². The Morgan fingerprint density at radius 1 is 1.07 bits per heavy atom. The molecule has 0 saturated heterocycles. The summed E-state index contributed by atoms with van der Waals surface area (Å²) >= 11 is 1.10. The van der Waals surface area contributed by atoms with Gasteiger partial charge in [0.05, 0.1) is 17.1 Å². The van der Waals surface area contributed by atoms with Crippen LogP contribution in [-0.4, -0.2) is 27.1 Å². The number of hydrogen-bond acceptors (Lipinski definition) is 4. The van der Waals surface area contributed by atoms with Crippen molar-refractivity contribution in [2.45, 2.75) is 25.1 Å². The quantitative estimate of drug-likeness (QED) is 0.317. The second kappa shape index (κ2) is 8.01. The van der Waals surface area contributed by atoms with Crippen LogP contribution in [0.25, 0.3) is 27.9 Å². The number of aromatic amines is 1. The lowest BCUT2D eigenvalue weighted by atomic mass is 10.0. The summed E-state index contributed by atoms with van der Waals surface area (Å²) in [5, 5.41) is 12.2. The monoisotopic (exact) mass is 404 g/mol. The van der Waals surface area contributed by atoms with Crippen LogP contribution in [0.1, 0.15) is 19.4 Å². The molecule has 6 heteroatoms. The molecule has 0 radical (unpaired) electrons. The fraction of sp³-hybridized carbons (Fsp3) is 0.130. The predicted molar refractivity (Wildman–Crippen MR) is 117 cm³/mol. The third-order valence-corrected chi connectivity index (χ3v) is 5.25. The summed E-state index contributed by atoms with van der Waals surface area (Å²) in [7, 11) is 0. The molecule has 1 aromatic heterocycles. The number of ether oxygens (including phenoxy) is 1. The summed E-state index contributed by atoms with van der Waals surface area (Å²) in [5.41, 5.74) is 2.50. The Hall–Kier alpha value is -3.25. The maximum Gasteiger partial charge on any atom is 0.342 e. The minimum Gasteiger partial charge on any atom is -0.490 e. The van der Waals surface area contributed by atoms with Crippen molar-refractivity contribution in [1.29, 1.82) is 0 Å². The molecule has 0 amide bonds. The van der Waals surface area contributed by atoms with E-state index in [0.717, 1.165) is 44.9 Å². The molecule has 29 heavy (non-hydrogen) atoms. The number of rotatable bonds is 6. The highest BCUT2D eigenvalue weighted by atomic mass is 32.2. The molecule has 0 saturated carbocycles. The number of carboxylic acids is 1. The first-order valence-corrected chi connectivity index (χ1v) is 10.1. The highest BCUT2D eigenvalue weighted by Crippen LogP contribution is 2.33. The fourth-order valence-electron chi connectivity index (χ4n) is 3.14. The van der Waals surface area contributed by atoms with Gasteiger partial charge < -0.3 is 14.8 Å². The lowest BCUT2D eigenvalue weighted by molar-refractivity contribution is -0.131. The SMILES string of the molecule is CC(C)Oc1ccc(/C=C(\Sc2nc3ccccc3[nH]2)C(=O)O)c2ccccc12. The number of aromatic nitrogens is 2. The summed E-state index contributed by atoms with van der Waals surface area (Å²) in [4.78, 5) is 19.7. The zero-order valence-corrected chi connectivity index (χ0v) is 16.9. The van der Waals surface area contributed by atoms with Gasteiger partial charge in [0.2, 0.25) is 0 Å². The van der Waals surface area contributed by atoms with Gasteiger partial charge in [0.25, 0.3) is 0 Å². The van der Waals surface area contributed by atoms with Crippen LogP contribution in [0.4, 0.5) is 0 Å². The lowest BCUT2D eigenvalue weighted by Gasteiger charge is -2.14. The molecular weight excluding hydrogens is 384 g/mol. The molecule has 0 unspecified atom stereocenters. The molecule has 0 aliphatic carbocycles. The molecule has 1 heterocycles. The molecule has 5 nitrogen and oxygen atoms in total. The van der Waals surface area contributed by atoms with Gasteiger partial charge in [0.1, 0.15) is 10.7 Å². The molecule has 0 fully saturated rings. The smallest absolute Gasteiger partial charge is 0.342 e. The summed E-state index contributed by atoms with van der Waals surface area (Å²) in [6.07, 6.45) is 1.74. The minimum absolute atomic E-state index is 0.0537. The largest absolute Gasteiger partial charge is 0.490 e. The average molecular weight is 404 g/mol. The van der Waals surface area contributed by atoms with Crippen LogP contribution >= 0.6 is 11.8 Å². The average Bonchev–Trinajstić information content (AvgIpc) is 3.11. The summed E-state index contributed by atoms with van der Waals surface area (Å²) in [6, 6.07) is 19.2. The van der Waals surface area contributed by atoms with Gasteiger partial charge in [-0.2, -0.15) is 0 Å². The molecule has 4 rings (SSSR count). The van der Waals surface area contributed by atoms with E-state index in [1.54, 1.807) is 6.08 Å². The van der Waals surface area contributed by atoms with E-state index in [2.05, 4.69) is 9.97 Å². The number of aliphatic carboxylic acids is 1. The Balaban J connectivity index is 1.75. The fourth-order valence-corrected chi connectivity index (χ4v) is 3.92. The van der Waals surface area contributed by atoms with Gasteiger partial charge in [-0.1, -0.05) is 42.5 Å². The van der Waals surface area contributed by atoms with Crippen molar-refractivity contribution in [2.75, 3.05) is 0 Å². The van der Waals surface area contributed by atoms with Crippen LogP contribution in [0, 0.1) is 0 Å². The maximum atomic E-state index is 11.9. The standard InChI is InChI=1S/C23H20N2O3S/c1-14(2)28-20-12-11-15(16-7-3-4-8-17(16)20)13-21(22(26)27)29-23-24-18-9-5-6-10-19(18)25-23/h3-14H,1-2H3,(H,24,25)(H,26,27)/b21-13-. The number of benzene rings is 3. The van der Waals surface area contributed by atoms with Crippen molar-refractivity contribution in [3.63, 3.8) is 0 Å². The Labute approximate surface area is 172 Å². The number of H-pyrrole nitrogens is 1. The summed E-state index contributed by atoms with van der Waals surface area (Å²) < 4.78 is 5.91. The predicted octanol–water partition coefficient (Wildman–Crippen LogP) is 5.72. The molecule has 3 aromatic carbocycles. The van der Waals surface area contributed by atoms with E-state index in [1.807, 2.05) is 74.5 Å². The summed E-state index contributed by atoms with van der Waals surface area (Å²) in [6.45, 7) is 3.96. The zero-order chi connectivity index (χ0) is 20.4. The number of carboxylic acid groups (broad SMARTS) is 1. The molecule has 146 valence electrons. The van der Waals surface area contributed by atoms with Gasteiger partial charge in [0, 0.05) is 5.39 Å². The van der Waals surface area contributed by atoms with Crippen LogP contribution in [0.15, 0.2) is 70.7 Å². The Bertz CT molecular complexity index is 1190. The normalized spacial score (nSPS) is 12.0. The van der Waals surface area contributed by atoms with E-state index >= 15 is 0 Å². The zero-order valence-electron chi connectivity index (χ0n) is 16.0. The molecule has 0 aliphatic heterocycles. The molecule has 0 atom stereocenters. The minimum atomic E-state index is -0.998. The van der Waals surface area contributed by atoms with Crippen LogP contribution in [0.5, 0.6) is 5.75 Å². The Morgan fingerprint density at radius 2 is 1.79 bits per heavy atom. The lowest BCUT2D eigenvalue weighted by Crippen LogP contribution is -2.06. The third kappa shape index (κ3) is 4.12. The van der Waals surface area contributed by atoms with E-state index in [-0.39, 0.29) is 11.0 Å². The number of thioether (sulfide) groups is 1. The number of fused-ring (bicyclic) bond motifs is 2. The van der Waals surface area contributed by atoms with Crippen molar-refractivity contribution in [1.82, 2.24) is 9.97 Å².